The number of carbonyl (C=O) groups is 1. The first kappa shape index (κ1) is 18.9. The molecule has 2 rings (SSSR count). The number of thiocyanates is 1. The van der Waals surface area contributed by atoms with E-state index in [-0.39, 0.29) is 11.3 Å². The van der Waals surface area contributed by atoms with Crippen LogP contribution in [0.4, 0.5) is 5.69 Å². The van der Waals surface area contributed by atoms with Crippen LogP contribution in [0.2, 0.25) is 0 Å². The second-order valence-electron chi connectivity index (χ2n) is 5.20. The summed E-state index contributed by atoms with van der Waals surface area (Å²) in [6.07, 6.45) is 1.94. The summed E-state index contributed by atoms with van der Waals surface area (Å²) in [5.41, 5.74) is 1.64. The van der Waals surface area contributed by atoms with Gasteiger partial charge in [0.1, 0.15) is 22.8 Å². The number of thioether (sulfide) groups is 1. The summed E-state index contributed by atoms with van der Waals surface area (Å²) < 4.78 is 0. The number of benzene rings is 2. The van der Waals surface area contributed by atoms with Gasteiger partial charge in [0.05, 0.1) is 0 Å². The van der Waals surface area contributed by atoms with Crippen molar-refractivity contribution in [2.45, 2.75) is 11.3 Å². The van der Waals surface area contributed by atoms with Gasteiger partial charge in [0.15, 0.2) is 0 Å². The number of amides is 1. The minimum absolute atomic E-state index is 0.0359. The molecule has 1 amide bonds. The highest BCUT2D eigenvalue weighted by Crippen LogP contribution is 2.19. The molecule has 3 N–H and O–H groups in total. The minimum atomic E-state index is -0.463. The van der Waals surface area contributed by atoms with E-state index in [1.807, 2.05) is 11.5 Å². The predicted molar refractivity (Wildman–Crippen MR) is 100 cm³/mol. The molecule has 0 atom stereocenters. The maximum absolute atomic E-state index is 12.1. The van der Waals surface area contributed by atoms with Crippen molar-refractivity contribution in [2.24, 2.45) is 0 Å². The third kappa shape index (κ3) is 5.90. The van der Waals surface area contributed by atoms with Gasteiger partial charge in [-0.05, 0) is 60.1 Å². The quantitative estimate of drug-likeness (QED) is 0.301. The molecule has 0 saturated carbocycles. The van der Waals surface area contributed by atoms with Crippen molar-refractivity contribution in [1.82, 2.24) is 5.32 Å². The molecule has 0 radical (unpaired) electrons. The van der Waals surface area contributed by atoms with Crippen molar-refractivity contribution >= 4 is 23.4 Å². The van der Waals surface area contributed by atoms with E-state index in [9.17, 15) is 9.90 Å². The van der Waals surface area contributed by atoms with Crippen molar-refractivity contribution in [1.29, 1.82) is 10.5 Å². The number of phenolic OH excluding ortho intramolecular Hbond substituents is 1. The lowest BCUT2D eigenvalue weighted by molar-refractivity contribution is -0.117. The molecular formula is C19H16N4O2S. The van der Waals surface area contributed by atoms with Crippen LogP contribution in [0.1, 0.15) is 5.56 Å². The predicted octanol–water partition coefficient (Wildman–Crippen LogP) is 3.14. The number of hydrogen-bond donors (Lipinski definition) is 3. The number of phenols is 1. The van der Waals surface area contributed by atoms with Crippen LogP contribution in [0.25, 0.3) is 0 Å². The smallest absolute Gasteiger partial charge is 0.263 e. The summed E-state index contributed by atoms with van der Waals surface area (Å²) in [5.74, 6) is -0.270. The third-order valence-electron chi connectivity index (χ3n) is 3.40. The van der Waals surface area contributed by atoms with Gasteiger partial charge in [-0.3, -0.25) is 4.79 Å². The Balaban J connectivity index is 1.87. The third-order valence-corrected chi connectivity index (χ3v) is 4.00. The summed E-state index contributed by atoms with van der Waals surface area (Å²) in [7, 11) is 0. The van der Waals surface area contributed by atoms with Crippen LogP contribution in [0.5, 0.6) is 5.75 Å². The van der Waals surface area contributed by atoms with Crippen LogP contribution in [-0.4, -0.2) is 17.6 Å². The lowest BCUT2D eigenvalue weighted by atomic mass is 10.1. The van der Waals surface area contributed by atoms with E-state index in [2.05, 4.69) is 10.6 Å². The molecule has 0 saturated heterocycles. The molecule has 0 bridgehead atoms. The molecule has 0 fully saturated rings. The molecule has 2 aromatic rings. The van der Waals surface area contributed by atoms with Crippen LogP contribution >= 0.6 is 11.8 Å². The van der Waals surface area contributed by atoms with Crippen molar-refractivity contribution < 1.29 is 9.90 Å². The number of nitrogens with zero attached hydrogens (tertiary/aromatic N) is 2. The summed E-state index contributed by atoms with van der Waals surface area (Å²) in [4.78, 5) is 12.9. The molecule has 0 aliphatic carbocycles. The average Bonchev–Trinajstić information content (AvgIpc) is 2.65. The number of rotatable bonds is 7. The Hall–Kier alpha value is -3.42. The first-order chi connectivity index (χ1) is 12.6. The standard InChI is InChI=1S/C19H16N4O2S/c20-11-15(12-23-16-3-7-18(8-4-16)26-13-21)19(25)22-10-9-14-1-5-17(24)6-2-14/h1-8,12,23-24H,9-10H2,(H,22,25)/b15-12-. The molecular weight excluding hydrogens is 348 g/mol. The number of anilines is 1. The fourth-order valence-electron chi connectivity index (χ4n) is 2.05. The van der Waals surface area contributed by atoms with Gasteiger partial charge in [-0.2, -0.15) is 10.5 Å². The number of nitriles is 2. The number of carbonyl (C=O) groups excluding carboxylic acids is 1. The van der Waals surface area contributed by atoms with Gasteiger partial charge in [0.2, 0.25) is 0 Å². The van der Waals surface area contributed by atoms with E-state index in [1.165, 1.54) is 6.20 Å². The minimum Gasteiger partial charge on any atom is -0.508 e. The van der Waals surface area contributed by atoms with E-state index in [4.69, 9.17) is 10.5 Å². The molecule has 0 aliphatic rings. The molecule has 0 unspecified atom stereocenters. The highest BCUT2D eigenvalue weighted by Gasteiger charge is 2.08. The van der Waals surface area contributed by atoms with Crippen LogP contribution in [0, 0.1) is 22.0 Å². The van der Waals surface area contributed by atoms with Gasteiger partial charge in [-0.15, -0.1) is 0 Å². The van der Waals surface area contributed by atoms with Crippen molar-refractivity contribution in [2.75, 3.05) is 11.9 Å². The summed E-state index contributed by atoms with van der Waals surface area (Å²) in [5, 5.41) is 34.6. The van der Waals surface area contributed by atoms with Crippen molar-refractivity contribution in [3.05, 3.63) is 65.9 Å². The van der Waals surface area contributed by atoms with E-state index in [1.54, 1.807) is 48.5 Å². The van der Waals surface area contributed by atoms with Crippen molar-refractivity contribution in [3.63, 3.8) is 0 Å². The van der Waals surface area contributed by atoms with E-state index >= 15 is 0 Å². The summed E-state index contributed by atoms with van der Waals surface area (Å²) in [6.45, 7) is 0.378. The van der Waals surface area contributed by atoms with Gasteiger partial charge >= 0.3 is 0 Å². The summed E-state index contributed by atoms with van der Waals surface area (Å²) in [6, 6.07) is 15.6. The highest BCUT2D eigenvalue weighted by atomic mass is 32.2. The summed E-state index contributed by atoms with van der Waals surface area (Å²) >= 11 is 1.06. The molecule has 2 aromatic carbocycles. The van der Waals surface area contributed by atoms with E-state index in [0.29, 0.717) is 18.7 Å². The molecule has 0 heterocycles. The fourth-order valence-corrected chi connectivity index (χ4v) is 2.43. The van der Waals surface area contributed by atoms with Gasteiger partial charge in [0.25, 0.3) is 5.91 Å². The Kier molecular flexibility index (Phi) is 7.11. The zero-order valence-electron chi connectivity index (χ0n) is 13.8. The average molecular weight is 364 g/mol. The Labute approximate surface area is 155 Å². The normalized spacial score (nSPS) is 10.5. The highest BCUT2D eigenvalue weighted by molar-refractivity contribution is 8.03. The topological polar surface area (TPSA) is 109 Å². The molecule has 0 aliphatic heterocycles. The molecule has 0 aromatic heterocycles. The molecule has 7 heteroatoms. The number of hydrogen-bond acceptors (Lipinski definition) is 6. The Morgan fingerprint density at radius 1 is 1.12 bits per heavy atom. The van der Waals surface area contributed by atoms with Crippen LogP contribution in [-0.2, 0) is 11.2 Å². The molecule has 130 valence electrons. The lowest BCUT2D eigenvalue weighted by Gasteiger charge is -2.06. The zero-order chi connectivity index (χ0) is 18.8. The van der Waals surface area contributed by atoms with Gasteiger partial charge in [-0.1, -0.05) is 12.1 Å². The van der Waals surface area contributed by atoms with Crippen LogP contribution in [0.15, 0.2) is 65.2 Å². The Morgan fingerprint density at radius 2 is 1.81 bits per heavy atom. The Morgan fingerprint density at radius 3 is 2.42 bits per heavy atom. The first-order valence-corrected chi connectivity index (χ1v) is 8.53. The monoisotopic (exact) mass is 364 g/mol. The zero-order valence-corrected chi connectivity index (χ0v) is 14.6. The maximum Gasteiger partial charge on any atom is 0.263 e. The van der Waals surface area contributed by atoms with Gasteiger partial charge < -0.3 is 15.7 Å². The molecule has 26 heavy (non-hydrogen) atoms. The SMILES string of the molecule is N#CSc1ccc(N/C=C(/C#N)C(=O)NCCc2ccc(O)cc2)cc1. The lowest BCUT2D eigenvalue weighted by Crippen LogP contribution is -2.27. The van der Waals surface area contributed by atoms with E-state index < -0.39 is 5.91 Å². The molecule has 0 spiro atoms. The van der Waals surface area contributed by atoms with Crippen LogP contribution < -0.4 is 10.6 Å². The largest absolute Gasteiger partial charge is 0.508 e. The second-order valence-corrected chi connectivity index (χ2v) is 6.06. The Bertz CT molecular complexity index is 862. The van der Waals surface area contributed by atoms with Crippen LogP contribution in [0.3, 0.4) is 0 Å². The number of nitrogens with one attached hydrogen (secondary N) is 2. The van der Waals surface area contributed by atoms with Gasteiger partial charge in [0, 0.05) is 23.3 Å². The van der Waals surface area contributed by atoms with Gasteiger partial charge in [-0.25, -0.2) is 0 Å². The van der Waals surface area contributed by atoms with Crippen molar-refractivity contribution in [3.8, 4) is 17.2 Å². The fraction of sp³-hybridized carbons (Fsp3) is 0.105. The second kappa shape index (κ2) is 9.77. The van der Waals surface area contributed by atoms with E-state index in [0.717, 1.165) is 22.2 Å². The number of aromatic hydroxyl groups is 1. The molecule has 6 nitrogen and oxygen atoms in total. The first-order valence-electron chi connectivity index (χ1n) is 7.71. The maximum atomic E-state index is 12.1.